The Morgan fingerprint density at radius 2 is 2.36 bits per heavy atom. The van der Waals surface area contributed by atoms with E-state index in [9.17, 15) is 4.79 Å². The third kappa shape index (κ3) is 3.56. The van der Waals surface area contributed by atoms with Gasteiger partial charge in [-0.1, -0.05) is 22.0 Å². The zero-order chi connectivity index (χ0) is 8.91. The molecule has 0 aromatic carbocycles. The topological polar surface area (TPSA) is 29.1 Å². The van der Waals surface area contributed by atoms with Gasteiger partial charge in [0, 0.05) is 7.05 Å². The first-order valence-electron chi connectivity index (χ1n) is 3.56. The van der Waals surface area contributed by atoms with Crippen LogP contribution in [0, 0.1) is 0 Å². The summed E-state index contributed by atoms with van der Waals surface area (Å²) in [4.78, 5) is 11.1. The lowest BCUT2D eigenvalue weighted by Crippen LogP contribution is -2.37. The molecule has 0 saturated carbocycles. The minimum Gasteiger partial charge on any atom is -0.358 e. The zero-order valence-corrected chi connectivity index (χ0v) is 8.57. The van der Waals surface area contributed by atoms with Crippen LogP contribution in [-0.4, -0.2) is 17.3 Å². The number of rotatable bonds is 4. The summed E-state index contributed by atoms with van der Waals surface area (Å²) in [5.41, 5.74) is 0. The second-order valence-corrected chi connectivity index (χ2v) is 4.35. The van der Waals surface area contributed by atoms with Crippen LogP contribution in [0.25, 0.3) is 0 Å². The number of amides is 1. The molecular weight excluding hydrogens is 206 g/mol. The summed E-state index contributed by atoms with van der Waals surface area (Å²) in [5, 5.41) is 2.59. The highest BCUT2D eigenvalue weighted by atomic mass is 79.9. The van der Waals surface area contributed by atoms with Gasteiger partial charge >= 0.3 is 0 Å². The van der Waals surface area contributed by atoms with Crippen LogP contribution in [0.3, 0.4) is 0 Å². The summed E-state index contributed by atoms with van der Waals surface area (Å²) in [6.07, 6.45) is 3.42. The van der Waals surface area contributed by atoms with Gasteiger partial charge in [0.2, 0.25) is 5.91 Å². The predicted octanol–water partition coefficient (Wildman–Crippen LogP) is 1.85. The maximum absolute atomic E-state index is 11.1. The Hall–Kier alpha value is -0.310. The van der Waals surface area contributed by atoms with E-state index >= 15 is 0 Å². The fourth-order valence-electron chi connectivity index (χ4n) is 0.747. The summed E-state index contributed by atoms with van der Waals surface area (Å²) in [6.45, 7) is 5.45. The molecule has 0 spiro atoms. The molecule has 0 saturated heterocycles. The number of hydrogen-bond acceptors (Lipinski definition) is 1. The third-order valence-electron chi connectivity index (χ3n) is 1.52. The Morgan fingerprint density at radius 3 is 2.73 bits per heavy atom. The van der Waals surface area contributed by atoms with Crippen LogP contribution >= 0.6 is 15.9 Å². The Balaban J connectivity index is 3.97. The highest BCUT2D eigenvalue weighted by Crippen LogP contribution is 2.23. The average molecular weight is 220 g/mol. The second kappa shape index (κ2) is 4.54. The normalized spacial score (nSPS) is 15.2. The minimum atomic E-state index is -0.448. The summed E-state index contributed by atoms with van der Waals surface area (Å²) < 4.78 is -0.448. The van der Waals surface area contributed by atoms with Gasteiger partial charge < -0.3 is 5.32 Å². The number of carbonyl (C=O) groups excluding carboxylic acids is 1. The quantitative estimate of drug-likeness (QED) is 0.568. The van der Waals surface area contributed by atoms with Crippen LogP contribution in [0.1, 0.15) is 19.8 Å². The molecule has 0 aliphatic rings. The third-order valence-corrected chi connectivity index (χ3v) is 2.28. The Bertz CT molecular complexity index is 154. The predicted molar refractivity (Wildman–Crippen MR) is 50.8 cm³/mol. The van der Waals surface area contributed by atoms with E-state index in [0.717, 1.165) is 12.8 Å². The van der Waals surface area contributed by atoms with Crippen molar-refractivity contribution in [2.45, 2.75) is 24.1 Å². The second-order valence-electron chi connectivity index (χ2n) is 2.60. The lowest BCUT2D eigenvalue weighted by molar-refractivity contribution is -0.122. The van der Waals surface area contributed by atoms with Crippen LogP contribution in [0.5, 0.6) is 0 Å². The van der Waals surface area contributed by atoms with Crippen molar-refractivity contribution in [1.29, 1.82) is 0 Å². The Kier molecular flexibility index (Phi) is 4.42. The average Bonchev–Trinajstić information content (AvgIpc) is 1.99. The van der Waals surface area contributed by atoms with Crippen molar-refractivity contribution in [3.05, 3.63) is 12.7 Å². The Morgan fingerprint density at radius 1 is 1.82 bits per heavy atom. The number of hydrogen-bond donors (Lipinski definition) is 1. The van der Waals surface area contributed by atoms with Crippen LogP contribution in [-0.2, 0) is 4.79 Å². The first-order chi connectivity index (χ1) is 5.04. The molecule has 0 heterocycles. The highest BCUT2D eigenvalue weighted by molar-refractivity contribution is 9.10. The molecule has 11 heavy (non-hydrogen) atoms. The lowest BCUT2D eigenvalue weighted by atomic mass is 10.0. The number of allylic oxidation sites excluding steroid dienone is 1. The van der Waals surface area contributed by atoms with Crippen LogP contribution in [0.2, 0.25) is 0 Å². The van der Waals surface area contributed by atoms with Gasteiger partial charge in [0.25, 0.3) is 0 Å². The van der Waals surface area contributed by atoms with Gasteiger partial charge in [-0.2, -0.15) is 0 Å². The van der Waals surface area contributed by atoms with Crippen molar-refractivity contribution < 1.29 is 4.79 Å². The van der Waals surface area contributed by atoms with Gasteiger partial charge in [0.05, 0.1) is 0 Å². The van der Waals surface area contributed by atoms with Crippen molar-refractivity contribution in [3.8, 4) is 0 Å². The molecular formula is C8H14BrNO. The molecule has 0 aliphatic carbocycles. The number of nitrogens with one attached hydrogen (secondary N) is 1. The summed E-state index contributed by atoms with van der Waals surface area (Å²) in [5.74, 6) is 0.0133. The molecule has 0 aromatic rings. The van der Waals surface area contributed by atoms with Gasteiger partial charge in [-0.15, -0.1) is 6.58 Å². The van der Waals surface area contributed by atoms with Gasteiger partial charge in [-0.3, -0.25) is 4.79 Å². The largest absolute Gasteiger partial charge is 0.358 e. The van der Waals surface area contributed by atoms with Crippen molar-refractivity contribution in [1.82, 2.24) is 5.32 Å². The van der Waals surface area contributed by atoms with Crippen LogP contribution in [0.15, 0.2) is 12.7 Å². The molecule has 1 amide bonds. The number of halogens is 1. The van der Waals surface area contributed by atoms with Gasteiger partial charge in [-0.25, -0.2) is 0 Å². The van der Waals surface area contributed by atoms with E-state index in [0.29, 0.717) is 0 Å². The van der Waals surface area contributed by atoms with Gasteiger partial charge in [0.15, 0.2) is 0 Å². The standard InChI is InChI=1S/C8H14BrNO/c1-4-5-6-8(2,9)7(11)10-3/h4H,1,5-6H2,2-3H3,(H,10,11). The van der Waals surface area contributed by atoms with E-state index in [1.807, 2.05) is 13.0 Å². The first-order valence-corrected chi connectivity index (χ1v) is 4.36. The molecule has 0 bridgehead atoms. The molecule has 2 nitrogen and oxygen atoms in total. The van der Waals surface area contributed by atoms with E-state index in [1.54, 1.807) is 7.05 Å². The molecule has 0 rings (SSSR count). The summed E-state index contributed by atoms with van der Waals surface area (Å²) in [7, 11) is 1.63. The molecule has 1 unspecified atom stereocenters. The molecule has 0 aliphatic heterocycles. The van der Waals surface area contributed by atoms with Crippen molar-refractivity contribution in [2.75, 3.05) is 7.05 Å². The van der Waals surface area contributed by atoms with E-state index in [4.69, 9.17) is 0 Å². The van der Waals surface area contributed by atoms with Crippen molar-refractivity contribution in [3.63, 3.8) is 0 Å². The van der Waals surface area contributed by atoms with Crippen molar-refractivity contribution >= 4 is 21.8 Å². The minimum absolute atomic E-state index is 0.0133. The van der Waals surface area contributed by atoms with E-state index in [2.05, 4.69) is 27.8 Å². The smallest absolute Gasteiger partial charge is 0.236 e. The number of alkyl halides is 1. The molecule has 3 heteroatoms. The van der Waals surface area contributed by atoms with E-state index in [1.165, 1.54) is 0 Å². The van der Waals surface area contributed by atoms with Crippen LogP contribution < -0.4 is 5.32 Å². The van der Waals surface area contributed by atoms with Crippen LogP contribution in [0.4, 0.5) is 0 Å². The maximum Gasteiger partial charge on any atom is 0.236 e. The maximum atomic E-state index is 11.1. The summed E-state index contributed by atoms with van der Waals surface area (Å²) in [6, 6.07) is 0. The summed E-state index contributed by atoms with van der Waals surface area (Å²) >= 11 is 3.35. The fraction of sp³-hybridized carbons (Fsp3) is 0.625. The molecule has 0 fully saturated rings. The SMILES string of the molecule is C=CCCC(C)(Br)C(=O)NC. The Labute approximate surface area is 76.2 Å². The van der Waals surface area contributed by atoms with Crippen molar-refractivity contribution in [2.24, 2.45) is 0 Å². The number of carbonyl (C=O) groups is 1. The van der Waals surface area contributed by atoms with Gasteiger partial charge in [0.1, 0.15) is 4.32 Å². The van der Waals surface area contributed by atoms with E-state index in [-0.39, 0.29) is 5.91 Å². The van der Waals surface area contributed by atoms with E-state index < -0.39 is 4.32 Å². The molecule has 1 atom stereocenters. The first kappa shape index (κ1) is 10.7. The lowest BCUT2D eigenvalue weighted by Gasteiger charge is -2.18. The fourth-order valence-corrected chi connectivity index (χ4v) is 1.17. The zero-order valence-electron chi connectivity index (χ0n) is 6.98. The molecule has 0 radical (unpaired) electrons. The van der Waals surface area contributed by atoms with Gasteiger partial charge in [-0.05, 0) is 19.8 Å². The monoisotopic (exact) mass is 219 g/mol. The molecule has 0 aromatic heterocycles. The molecule has 64 valence electrons. The molecule has 1 N–H and O–H groups in total. The highest BCUT2D eigenvalue weighted by Gasteiger charge is 2.27.